The zero-order chi connectivity index (χ0) is 18.8. The molecule has 138 valence electrons. The van der Waals surface area contributed by atoms with Gasteiger partial charge in [-0.05, 0) is 49.2 Å². The minimum absolute atomic E-state index is 0.678. The van der Waals surface area contributed by atoms with Gasteiger partial charge in [0.2, 0.25) is 0 Å². The minimum atomic E-state index is -3.10. The van der Waals surface area contributed by atoms with Crippen molar-refractivity contribution in [1.82, 2.24) is 0 Å². The van der Waals surface area contributed by atoms with Crippen LogP contribution in [0.1, 0.15) is 12.8 Å². The van der Waals surface area contributed by atoms with E-state index in [0.717, 1.165) is 30.1 Å². The Bertz CT molecular complexity index is 705. The van der Waals surface area contributed by atoms with E-state index in [-0.39, 0.29) is 0 Å². The Morgan fingerprint density at radius 3 is 1.33 bits per heavy atom. The van der Waals surface area contributed by atoms with Gasteiger partial charge in [0.15, 0.2) is 0 Å². The van der Waals surface area contributed by atoms with Crippen molar-refractivity contribution >= 4 is 8.80 Å². The molecular weight excluding hydrogens is 352 g/mol. The maximum absolute atomic E-state index is 6.42. The lowest BCUT2D eigenvalue weighted by Gasteiger charge is -2.30. The van der Waals surface area contributed by atoms with Crippen LogP contribution in [-0.2, 0) is 0 Å². The molecule has 0 saturated carbocycles. The van der Waals surface area contributed by atoms with Gasteiger partial charge in [-0.25, -0.2) is 0 Å². The zero-order valence-electron chi connectivity index (χ0n) is 15.3. The van der Waals surface area contributed by atoms with Crippen LogP contribution in [0.4, 0.5) is 0 Å². The molecule has 27 heavy (non-hydrogen) atoms. The summed E-state index contributed by atoms with van der Waals surface area (Å²) in [6.45, 7) is 3.83. The lowest BCUT2D eigenvalue weighted by molar-refractivity contribution is 0.259. The quantitative estimate of drug-likeness (QED) is 0.242. The normalized spacial score (nSPS) is 10.8. The molecule has 0 amide bonds. The van der Waals surface area contributed by atoms with Crippen LogP contribution in [0.2, 0.25) is 6.04 Å². The van der Waals surface area contributed by atoms with Gasteiger partial charge in [0.1, 0.15) is 17.2 Å². The molecule has 0 unspecified atom stereocenters. The fraction of sp³-hybridized carbons (Fsp3) is 0.130. The van der Waals surface area contributed by atoms with Crippen LogP contribution in [0, 0.1) is 0 Å². The number of allylic oxidation sites excluding steroid dienone is 1. The molecule has 0 aliphatic rings. The van der Waals surface area contributed by atoms with E-state index in [0.29, 0.717) is 6.04 Å². The molecule has 3 aromatic rings. The van der Waals surface area contributed by atoms with Crippen molar-refractivity contribution in [2.24, 2.45) is 0 Å². The number of unbranched alkanes of at least 4 members (excludes halogenated alkanes) is 1. The van der Waals surface area contributed by atoms with E-state index < -0.39 is 8.80 Å². The van der Waals surface area contributed by atoms with Gasteiger partial charge in [0.05, 0.1) is 6.04 Å². The minimum Gasteiger partial charge on any atom is -0.483 e. The number of benzene rings is 3. The van der Waals surface area contributed by atoms with Gasteiger partial charge >= 0.3 is 8.80 Å². The van der Waals surface area contributed by atoms with E-state index in [1.807, 2.05) is 97.1 Å². The summed E-state index contributed by atoms with van der Waals surface area (Å²) in [5, 5.41) is 0. The first-order valence-electron chi connectivity index (χ1n) is 9.13. The zero-order valence-corrected chi connectivity index (χ0v) is 16.3. The van der Waals surface area contributed by atoms with E-state index in [9.17, 15) is 0 Å². The van der Waals surface area contributed by atoms with Crippen molar-refractivity contribution < 1.29 is 13.3 Å². The summed E-state index contributed by atoms with van der Waals surface area (Å²) < 4.78 is 19.3. The third kappa shape index (κ3) is 5.76. The Morgan fingerprint density at radius 1 is 0.630 bits per heavy atom. The van der Waals surface area contributed by atoms with E-state index >= 15 is 0 Å². The molecule has 0 aliphatic heterocycles. The average Bonchev–Trinajstić information content (AvgIpc) is 2.70. The van der Waals surface area contributed by atoms with Gasteiger partial charge in [-0.1, -0.05) is 60.7 Å². The van der Waals surface area contributed by atoms with Crippen LogP contribution in [0.5, 0.6) is 17.2 Å². The van der Waals surface area contributed by atoms with Crippen LogP contribution in [0.15, 0.2) is 104 Å². The van der Waals surface area contributed by atoms with Crippen molar-refractivity contribution in [2.45, 2.75) is 18.9 Å². The second-order valence-corrected chi connectivity index (χ2v) is 8.59. The second kappa shape index (κ2) is 9.64. The summed E-state index contributed by atoms with van der Waals surface area (Å²) in [6.07, 6.45) is 3.66. The first kappa shape index (κ1) is 18.8. The Balaban J connectivity index is 1.94. The smallest absolute Gasteiger partial charge is 0.483 e. The Kier molecular flexibility index (Phi) is 6.71. The molecule has 0 heterocycles. The molecular formula is C23H24O3Si. The Hall–Kier alpha value is -2.98. The molecule has 0 bridgehead atoms. The third-order valence-corrected chi connectivity index (χ3v) is 6.55. The summed E-state index contributed by atoms with van der Waals surface area (Å²) >= 11 is 0. The second-order valence-electron chi connectivity index (χ2n) is 6.11. The van der Waals surface area contributed by atoms with E-state index in [2.05, 4.69) is 6.58 Å². The highest BCUT2D eigenvalue weighted by molar-refractivity contribution is 6.63. The SMILES string of the molecule is C=CCCC[Si](Oc1ccccc1)(Oc1ccccc1)Oc1ccccc1. The van der Waals surface area contributed by atoms with Crippen molar-refractivity contribution in [3.05, 3.63) is 104 Å². The topological polar surface area (TPSA) is 27.7 Å². The number of hydrogen-bond acceptors (Lipinski definition) is 3. The predicted octanol–water partition coefficient (Wildman–Crippen LogP) is 6.13. The average molecular weight is 377 g/mol. The summed E-state index contributed by atoms with van der Waals surface area (Å²) in [6, 6.07) is 29.8. The number of rotatable bonds is 10. The molecule has 3 nitrogen and oxygen atoms in total. The van der Waals surface area contributed by atoms with Gasteiger partial charge in [0.25, 0.3) is 0 Å². The van der Waals surface area contributed by atoms with Crippen molar-refractivity contribution in [3.63, 3.8) is 0 Å². The first-order valence-corrected chi connectivity index (χ1v) is 11.1. The number of para-hydroxylation sites is 3. The molecule has 0 radical (unpaired) electrons. The molecule has 0 spiro atoms. The van der Waals surface area contributed by atoms with Crippen LogP contribution in [0.3, 0.4) is 0 Å². The first-order chi connectivity index (χ1) is 13.3. The fourth-order valence-corrected chi connectivity index (χ4v) is 5.24. The highest BCUT2D eigenvalue weighted by Gasteiger charge is 2.48. The lowest BCUT2D eigenvalue weighted by Crippen LogP contribution is -2.54. The molecule has 0 aromatic heterocycles. The molecule has 3 rings (SSSR count). The molecule has 4 heteroatoms. The van der Waals surface area contributed by atoms with Gasteiger partial charge in [0, 0.05) is 0 Å². The van der Waals surface area contributed by atoms with Crippen molar-refractivity contribution in [3.8, 4) is 17.2 Å². The van der Waals surface area contributed by atoms with E-state index in [1.54, 1.807) is 0 Å². The molecule has 0 saturated heterocycles. The fourth-order valence-electron chi connectivity index (χ4n) is 2.68. The van der Waals surface area contributed by atoms with E-state index in [1.165, 1.54) is 0 Å². The monoisotopic (exact) mass is 376 g/mol. The largest absolute Gasteiger partial charge is 0.699 e. The summed E-state index contributed by atoms with van der Waals surface area (Å²) in [4.78, 5) is 0. The molecule has 0 fully saturated rings. The Labute approximate surface area is 162 Å². The van der Waals surface area contributed by atoms with Crippen LogP contribution < -0.4 is 13.3 Å². The van der Waals surface area contributed by atoms with Crippen LogP contribution in [0.25, 0.3) is 0 Å². The van der Waals surface area contributed by atoms with Crippen LogP contribution in [-0.4, -0.2) is 8.80 Å². The Morgan fingerprint density at radius 2 is 1.00 bits per heavy atom. The summed E-state index contributed by atoms with van der Waals surface area (Å²) in [7, 11) is -3.10. The lowest BCUT2D eigenvalue weighted by atomic mass is 10.3. The van der Waals surface area contributed by atoms with Gasteiger partial charge in [-0.3, -0.25) is 0 Å². The van der Waals surface area contributed by atoms with Crippen molar-refractivity contribution in [1.29, 1.82) is 0 Å². The van der Waals surface area contributed by atoms with Crippen molar-refractivity contribution in [2.75, 3.05) is 0 Å². The van der Waals surface area contributed by atoms with Gasteiger partial charge in [-0.2, -0.15) is 0 Å². The summed E-state index contributed by atoms with van der Waals surface area (Å²) in [5.74, 6) is 2.24. The third-order valence-electron chi connectivity index (χ3n) is 3.94. The highest BCUT2D eigenvalue weighted by atomic mass is 28.4. The van der Waals surface area contributed by atoms with E-state index in [4.69, 9.17) is 13.3 Å². The molecule has 0 N–H and O–H groups in total. The number of hydrogen-bond donors (Lipinski definition) is 0. The predicted molar refractivity (Wildman–Crippen MR) is 111 cm³/mol. The molecule has 0 atom stereocenters. The standard InChI is InChI=1S/C23H24O3Si/c1-2-3-13-20-27(24-21-14-7-4-8-15-21,25-22-16-9-5-10-17-22)26-23-18-11-6-12-19-23/h2,4-12,14-19H,1,3,13,20H2. The van der Waals surface area contributed by atoms with Crippen LogP contribution >= 0.6 is 0 Å². The van der Waals surface area contributed by atoms with Gasteiger partial charge < -0.3 is 13.3 Å². The summed E-state index contributed by atoms with van der Waals surface area (Å²) in [5.41, 5.74) is 0. The maximum Gasteiger partial charge on any atom is 0.699 e. The molecule has 3 aromatic carbocycles. The molecule has 0 aliphatic carbocycles. The maximum atomic E-state index is 6.42. The highest BCUT2D eigenvalue weighted by Crippen LogP contribution is 2.27. The van der Waals surface area contributed by atoms with Gasteiger partial charge in [-0.15, -0.1) is 6.58 Å².